The Bertz CT molecular complexity index is 342. The van der Waals surface area contributed by atoms with Gasteiger partial charge in [0.1, 0.15) is 6.61 Å². The largest absolute Gasteiger partial charge is 0.462 e. The van der Waals surface area contributed by atoms with Gasteiger partial charge in [-0.05, 0) is 63.2 Å². The topological polar surface area (TPSA) is 47.9 Å². The van der Waals surface area contributed by atoms with Crippen LogP contribution in [-0.4, -0.2) is 25.4 Å². The third kappa shape index (κ3) is 2.77. The molecule has 4 heteroatoms. The maximum Gasteiger partial charge on any atom is 0.352 e. The number of carbonyl (C=O) groups excluding carboxylic acids is 1. The molecule has 0 heterocycles. The van der Waals surface area contributed by atoms with E-state index in [-0.39, 0.29) is 0 Å². The highest BCUT2D eigenvalue weighted by molar-refractivity contribution is 6.22. The molecule has 106 valence electrons. The van der Waals surface area contributed by atoms with Crippen LogP contribution in [0.2, 0.25) is 0 Å². The summed E-state index contributed by atoms with van der Waals surface area (Å²) in [6.45, 7) is 2.83. The van der Waals surface area contributed by atoms with E-state index in [9.17, 15) is 4.79 Å². The summed E-state index contributed by atoms with van der Waals surface area (Å²) in [6, 6.07) is 0. The van der Waals surface area contributed by atoms with Gasteiger partial charge in [-0.25, -0.2) is 4.79 Å². The fraction of sp³-hybridized carbons (Fsp3) is 0.867. The molecule has 0 aromatic heterocycles. The third-order valence-electron chi connectivity index (χ3n) is 5.06. The molecule has 4 nitrogen and oxygen atoms in total. The molecule has 0 aromatic carbocycles. The molecule has 4 fully saturated rings. The quantitative estimate of drug-likeness (QED) is 0.436. The van der Waals surface area contributed by atoms with Crippen LogP contribution in [0.25, 0.3) is 0 Å². The van der Waals surface area contributed by atoms with Crippen molar-refractivity contribution >= 4 is 12.2 Å². The van der Waals surface area contributed by atoms with E-state index < -0.39 is 5.97 Å². The number of hydrogen-bond donors (Lipinski definition) is 0. The molecule has 0 spiro atoms. The number of nitrogens with zero attached hydrogens (tertiary/aromatic N) is 1. The maximum absolute atomic E-state index is 11.1. The van der Waals surface area contributed by atoms with Crippen molar-refractivity contribution in [2.24, 2.45) is 28.3 Å². The average molecular weight is 265 g/mol. The zero-order chi connectivity index (χ0) is 13.3. The van der Waals surface area contributed by atoms with Gasteiger partial charge in [0.2, 0.25) is 0 Å². The lowest BCUT2D eigenvalue weighted by molar-refractivity contribution is -0.135. The van der Waals surface area contributed by atoms with Crippen LogP contribution in [0.5, 0.6) is 0 Å². The predicted molar refractivity (Wildman–Crippen MR) is 71.7 cm³/mol. The minimum absolute atomic E-state index is 0.348. The second-order valence-corrected chi connectivity index (χ2v) is 6.68. The summed E-state index contributed by atoms with van der Waals surface area (Å²) in [5, 5.41) is 3.77. The molecular formula is C15H23NO3. The molecular weight excluding hydrogens is 242 g/mol. The fourth-order valence-corrected chi connectivity index (χ4v) is 4.90. The Balaban J connectivity index is 1.51. The Hall–Kier alpha value is -1.06. The van der Waals surface area contributed by atoms with Gasteiger partial charge in [-0.3, -0.25) is 0 Å². The molecule has 0 atom stereocenters. The fourth-order valence-electron chi connectivity index (χ4n) is 4.90. The first-order chi connectivity index (χ1) is 9.19. The first-order valence-corrected chi connectivity index (χ1v) is 7.51. The lowest BCUT2D eigenvalue weighted by Crippen LogP contribution is -2.48. The van der Waals surface area contributed by atoms with Gasteiger partial charge in [-0.15, -0.1) is 0 Å². The Morgan fingerprint density at radius 2 is 1.79 bits per heavy atom. The molecule has 4 aliphatic carbocycles. The Labute approximate surface area is 114 Å². The van der Waals surface area contributed by atoms with Gasteiger partial charge in [0, 0.05) is 5.41 Å². The summed E-state index contributed by atoms with van der Waals surface area (Å²) in [7, 11) is 0. The Morgan fingerprint density at radius 1 is 1.21 bits per heavy atom. The molecule has 0 aromatic rings. The molecule has 0 saturated heterocycles. The molecule has 0 N–H and O–H groups in total. The van der Waals surface area contributed by atoms with E-state index in [1.54, 1.807) is 6.92 Å². The number of oxime groups is 1. The van der Waals surface area contributed by atoms with Crippen molar-refractivity contribution in [2.75, 3.05) is 13.2 Å². The summed E-state index contributed by atoms with van der Waals surface area (Å²) in [5.74, 6) is 2.34. The van der Waals surface area contributed by atoms with E-state index in [0.717, 1.165) is 24.0 Å². The molecule has 0 radical (unpaired) electrons. The van der Waals surface area contributed by atoms with Crippen LogP contribution in [0.1, 0.15) is 45.4 Å². The van der Waals surface area contributed by atoms with Crippen molar-refractivity contribution in [3.8, 4) is 0 Å². The van der Waals surface area contributed by atoms with E-state index in [0.29, 0.717) is 18.6 Å². The minimum Gasteiger partial charge on any atom is -0.462 e. The van der Waals surface area contributed by atoms with Crippen molar-refractivity contribution in [1.29, 1.82) is 0 Å². The van der Waals surface area contributed by atoms with E-state index in [2.05, 4.69) is 5.16 Å². The van der Waals surface area contributed by atoms with Crippen LogP contribution in [0, 0.1) is 23.2 Å². The maximum atomic E-state index is 11.1. The van der Waals surface area contributed by atoms with Crippen LogP contribution in [-0.2, 0) is 14.4 Å². The van der Waals surface area contributed by atoms with Crippen molar-refractivity contribution in [3.05, 3.63) is 0 Å². The zero-order valence-electron chi connectivity index (χ0n) is 11.6. The minimum atomic E-state index is -0.423. The first kappa shape index (κ1) is 12.9. The molecule has 4 aliphatic rings. The van der Waals surface area contributed by atoms with Crippen LogP contribution in [0.15, 0.2) is 5.16 Å². The Kier molecular flexibility index (Phi) is 3.50. The Morgan fingerprint density at radius 3 is 2.32 bits per heavy atom. The zero-order valence-corrected chi connectivity index (χ0v) is 11.6. The average Bonchev–Trinajstić information content (AvgIpc) is 2.33. The number of ether oxygens (including phenoxy) is 1. The van der Waals surface area contributed by atoms with Gasteiger partial charge < -0.3 is 9.57 Å². The van der Waals surface area contributed by atoms with Gasteiger partial charge in [0.25, 0.3) is 0 Å². The summed E-state index contributed by atoms with van der Waals surface area (Å²) in [4.78, 5) is 16.5. The van der Waals surface area contributed by atoms with Gasteiger partial charge in [0.15, 0.2) is 6.21 Å². The van der Waals surface area contributed by atoms with Crippen LogP contribution >= 0.6 is 0 Å². The van der Waals surface area contributed by atoms with E-state index in [1.165, 1.54) is 38.5 Å². The van der Waals surface area contributed by atoms with Crippen molar-refractivity contribution in [3.63, 3.8) is 0 Å². The van der Waals surface area contributed by atoms with Crippen molar-refractivity contribution in [1.82, 2.24) is 0 Å². The van der Waals surface area contributed by atoms with E-state index in [1.807, 2.05) is 0 Å². The molecule has 4 rings (SSSR count). The standard InChI is InChI=1S/C15H23NO3/c1-2-18-14(17)9-16-19-10-15-6-11-3-12(7-15)5-13(4-11)8-15/h9,11-13H,2-8,10H2,1H3. The van der Waals surface area contributed by atoms with Crippen LogP contribution in [0.3, 0.4) is 0 Å². The normalized spacial score (nSPS) is 39.7. The summed E-state index contributed by atoms with van der Waals surface area (Å²) < 4.78 is 4.77. The number of carbonyl (C=O) groups is 1. The van der Waals surface area contributed by atoms with Crippen LogP contribution < -0.4 is 0 Å². The third-order valence-corrected chi connectivity index (χ3v) is 5.06. The second kappa shape index (κ2) is 5.14. The number of esters is 1. The molecule has 19 heavy (non-hydrogen) atoms. The molecule has 4 bridgehead atoms. The van der Waals surface area contributed by atoms with E-state index in [4.69, 9.17) is 9.57 Å². The first-order valence-electron chi connectivity index (χ1n) is 7.51. The monoisotopic (exact) mass is 265 g/mol. The second-order valence-electron chi connectivity index (χ2n) is 6.68. The number of hydrogen-bond acceptors (Lipinski definition) is 4. The smallest absolute Gasteiger partial charge is 0.352 e. The summed E-state index contributed by atoms with van der Waals surface area (Å²) in [6.07, 6.45) is 9.35. The molecule has 0 unspecified atom stereocenters. The summed E-state index contributed by atoms with van der Waals surface area (Å²) >= 11 is 0. The molecule has 0 amide bonds. The highest BCUT2D eigenvalue weighted by atomic mass is 16.6. The van der Waals surface area contributed by atoms with Crippen LogP contribution in [0.4, 0.5) is 0 Å². The van der Waals surface area contributed by atoms with Crippen molar-refractivity contribution in [2.45, 2.75) is 45.4 Å². The summed E-state index contributed by atoms with van der Waals surface area (Å²) in [5.41, 5.74) is 0.348. The highest BCUT2D eigenvalue weighted by Gasteiger charge is 2.51. The SMILES string of the molecule is CCOC(=O)C=NOCC12CC3CC(CC(C3)C1)C2. The van der Waals surface area contributed by atoms with Gasteiger partial charge in [0.05, 0.1) is 6.61 Å². The highest BCUT2D eigenvalue weighted by Crippen LogP contribution is 2.59. The van der Waals surface area contributed by atoms with Gasteiger partial charge >= 0.3 is 5.97 Å². The van der Waals surface area contributed by atoms with E-state index >= 15 is 0 Å². The van der Waals surface area contributed by atoms with Crippen molar-refractivity contribution < 1.29 is 14.4 Å². The lowest BCUT2D eigenvalue weighted by atomic mass is 9.50. The number of rotatable bonds is 5. The van der Waals surface area contributed by atoms with Gasteiger partial charge in [-0.2, -0.15) is 0 Å². The lowest BCUT2D eigenvalue weighted by Gasteiger charge is -2.56. The molecule has 0 aliphatic heterocycles. The predicted octanol–water partition coefficient (Wildman–Crippen LogP) is 2.77. The van der Waals surface area contributed by atoms with Gasteiger partial charge in [-0.1, -0.05) is 5.16 Å². The molecule has 4 saturated carbocycles.